The number of benzene rings is 1. The van der Waals surface area contributed by atoms with E-state index in [-0.39, 0.29) is 0 Å². The number of rotatable bonds is 2. The highest BCUT2D eigenvalue weighted by atomic mass is 16.3. The first-order valence-electron chi connectivity index (χ1n) is 4.93. The summed E-state index contributed by atoms with van der Waals surface area (Å²) in [6.07, 6.45) is 2.95. The maximum Gasteiger partial charge on any atom is 0.122 e. The lowest BCUT2D eigenvalue weighted by molar-refractivity contribution is 0.465. The van der Waals surface area contributed by atoms with E-state index in [0.717, 1.165) is 17.5 Å². The number of hydrogen-bond acceptors (Lipinski definition) is 1. The Kier molecular flexibility index (Phi) is 3.34. The maximum absolute atomic E-state index is 9.81. The molecule has 1 aromatic carbocycles. The standard InChI is InChI=1S/C13H18O/c1-9(2)5-6-12-8-10(3)7-11(4)13(12)14/h5,7-8,14H,6H2,1-4H3. The van der Waals surface area contributed by atoms with Gasteiger partial charge in [-0.1, -0.05) is 29.3 Å². The summed E-state index contributed by atoms with van der Waals surface area (Å²) < 4.78 is 0. The van der Waals surface area contributed by atoms with Crippen molar-refractivity contribution in [3.05, 3.63) is 40.5 Å². The van der Waals surface area contributed by atoms with Gasteiger partial charge >= 0.3 is 0 Å². The highest BCUT2D eigenvalue weighted by molar-refractivity contribution is 5.43. The summed E-state index contributed by atoms with van der Waals surface area (Å²) in [6, 6.07) is 4.04. The first-order valence-corrected chi connectivity index (χ1v) is 4.93. The molecule has 0 saturated heterocycles. The largest absolute Gasteiger partial charge is 0.507 e. The summed E-state index contributed by atoms with van der Waals surface area (Å²) in [5, 5.41) is 9.81. The van der Waals surface area contributed by atoms with Crippen LogP contribution in [0.5, 0.6) is 5.75 Å². The minimum Gasteiger partial charge on any atom is -0.507 e. The number of aromatic hydroxyl groups is 1. The molecule has 0 spiro atoms. The van der Waals surface area contributed by atoms with Crippen LogP contribution < -0.4 is 0 Å². The Morgan fingerprint density at radius 1 is 1.29 bits per heavy atom. The van der Waals surface area contributed by atoms with Gasteiger partial charge in [-0.3, -0.25) is 0 Å². The van der Waals surface area contributed by atoms with E-state index in [0.29, 0.717) is 5.75 Å². The van der Waals surface area contributed by atoms with Crippen LogP contribution in [0.15, 0.2) is 23.8 Å². The lowest BCUT2D eigenvalue weighted by atomic mass is 10.0. The fraction of sp³-hybridized carbons (Fsp3) is 0.385. The van der Waals surface area contributed by atoms with Gasteiger partial charge in [-0.25, -0.2) is 0 Å². The Labute approximate surface area is 86.1 Å². The Morgan fingerprint density at radius 3 is 2.50 bits per heavy atom. The second kappa shape index (κ2) is 4.32. The van der Waals surface area contributed by atoms with Crippen LogP contribution in [-0.2, 0) is 6.42 Å². The Balaban J connectivity index is 3.02. The summed E-state index contributed by atoms with van der Waals surface area (Å²) in [7, 11) is 0. The smallest absolute Gasteiger partial charge is 0.122 e. The van der Waals surface area contributed by atoms with E-state index in [1.54, 1.807) is 0 Å². The van der Waals surface area contributed by atoms with Crippen molar-refractivity contribution in [1.82, 2.24) is 0 Å². The molecule has 0 unspecified atom stereocenters. The predicted octanol–water partition coefficient (Wildman–Crippen LogP) is 3.52. The average molecular weight is 190 g/mol. The van der Waals surface area contributed by atoms with Gasteiger partial charge in [0.15, 0.2) is 0 Å². The quantitative estimate of drug-likeness (QED) is 0.707. The van der Waals surface area contributed by atoms with Gasteiger partial charge < -0.3 is 5.11 Å². The van der Waals surface area contributed by atoms with Gasteiger partial charge in [0.2, 0.25) is 0 Å². The van der Waals surface area contributed by atoms with Crippen LogP contribution in [0.4, 0.5) is 0 Å². The third-order valence-corrected chi connectivity index (χ3v) is 2.25. The van der Waals surface area contributed by atoms with Gasteiger partial charge in [0.1, 0.15) is 5.75 Å². The van der Waals surface area contributed by atoms with Crippen LogP contribution in [0.25, 0.3) is 0 Å². The predicted molar refractivity (Wildman–Crippen MR) is 60.7 cm³/mol. The second-order valence-corrected chi connectivity index (χ2v) is 4.08. The summed E-state index contributed by atoms with van der Waals surface area (Å²) in [4.78, 5) is 0. The van der Waals surface area contributed by atoms with E-state index in [1.165, 1.54) is 11.1 Å². The van der Waals surface area contributed by atoms with Crippen molar-refractivity contribution in [1.29, 1.82) is 0 Å². The lowest BCUT2D eigenvalue weighted by Crippen LogP contribution is -1.88. The zero-order valence-corrected chi connectivity index (χ0v) is 9.39. The third kappa shape index (κ3) is 2.63. The number of phenolic OH excluding ortho intramolecular Hbond substituents is 1. The number of phenols is 1. The number of aryl methyl sites for hydroxylation is 2. The molecule has 0 aliphatic heterocycles. The summed E-state index contributed by atoms with van der Waals surface area (Å²) in [5.74, 6) is 0.438. The molecule has 0 aliphatic rings. The monoisotopic (exact) mass is 190 g/mol. The highest BCUT2D eigenvalue weighted by Gasteiger charge is 2.03. The van der Waals surface area contributed by atoms with Gasteiger partial charge in [0.25, 0.3) is 0 Å². The first kappa shape index (κ1) is 10.8. The van der Waals surface area contributed by atoms with Crippen LogP contribution in [0.3, 0.4) is 0 Å². The van der Waals surface area contributed by atoms with E-state index < -0.39 is 0 Å². The van der Waals surface area contributed by atoms with Crippen molar-refractivity contribution >= 4 is 0 Å². The molecule has 1 aromatic rings. The molecule has 1 heteroatoms. The topological polar surface area (TPSA) is 20.2 Å². The van der Waals surface area contributed by atoms with Crippen molar-refractivity contribution in [2.75, 3.05) is 0 Å². The molecule has 0 atom stereocenters. The SMILES string of the molecule is CC(C)=CCc1cc(C)cc(C)c1O. The van der Waals surface area contributed by atoms with Gasteiger partial charge in [-0.15, -0.1) is 0 Å². The molecule has 0 radical (unpaired) electrons. The Hall–Kier alpha value is -1.24. The van der Waals surface area contributed by atoms with Crippen LogP contribution in [0.2, 0.25) is 0 Å². The average Bonchev–Trinajstić information content (AvgIpc) is 2.08. The molecular formula is C13H18O. The summed E-state index contributed by atoms with van der Waals surface area (Å²) >= 11 is 0. The minimum atomic E-state index is 0.438. The zero-order valence-electron chi connectivity index (χ0n) is 9.39. The second-order valence-electron chi connectivity index (χ2n) is 4.08. The molecule has 0 aromatic heterocycles. The lowest BCUT2D eigenvalue weighted by Gasteiger charge is -2.07. The molecule has 0 amide bonds. The van der Waals surface area contributed by atoms with E-state index in [2.05, 4.69) is 26.8 Å². The molecule has 0 saturated carbocycles. The van der Waals surface area contributed by atoms with Crippen molar-refractivity contribution in [2.24, 2.45) is 0 Å². The van der Waals surface area contributed by atoms with Crippen molar-refractivity contribution in [3.63, 3.8) is 0 Å². The van der Waals surface area contributed by atoms with Crippen LogP contribution in [0, 0.1) is 13.8 Å². The molecule has 0 bridgehead atoms. The maximum atomic E-state index is 9.81. The van der Waals surface area contributed by atoms with Gasteiger partial charge in [-0.05, 0) is 45.2 Å². The van der Waals surface area contributed by atoms with Gasteiger partial charge in [0.05, 0.1) is 0 Å². The minimum absolute atomic E-state index is 0.438. The molecule has 0 fully saturated rings. The molecular weight excluding hydrogens is 172 g/mol. The van der Waals surface area contributed by atoms with Crippen LogP contribution >= 0.6 is 0 Å². The molecule has 76 valence electrons. The van der Waals surface area contributed by atoms with Crippen molar-refractivity contribution in [3.8, 4) is 5.75 Å². The third-order valence-electron chi connectivity index (χ3n) is 2.25. The Bertz CT molecular complexity index is 358. The first-order chi connectivity index (χ1) is 6.50. The number of hydrogen-bond donors (Lipinski definition) is 1. The molecule has 0 aliphatic carbocycles. The fourth-order valence-electron chi connectivity index (χ4n) is 1.52. The molecule has 14 heavy (non-hydrogen) atoms. The molecule has 0 heterocycles. The summed E-state index contributed by atoms with van der Waals surface area (Å²) in [5.41, 5.74) is 4.46. The zero-order chi connectivity index (χ0) is 10.7. The fourth-order valence-corrected chi connectivity index (χ4v) is 1.52. The molecule has 1 nitrogen and oxygen atoms in total. The Morgan fingerprint density at radius 2 is 1.93 bits per heavy atom. The van der Waals surface area contributed by atoms with Gasteiger partial charge in [0, 0.05) is 0 Å². The van der Waals surface area contributed by atoms with E-state index in [1.807, 2.05) is 19.1 Å². The normalized spacial score (nSPS) is 10.0. The van der Waals surface area contributed by atoms with Crippen LogP contribution in [0.1, 0.15) is 30.5 Å². The molecule has 1 N–H and O–H groups in total. The number of allylic oxidation sites excluding steroid dienone is 2. The van der Waals surface area contributed by atoms with Gasteiger partial charge in [-0.2, -0.15) is 0 Å². The van der Waals surface area contributed by atoms with E-state index in [9.17, 15) is 5.11 Å². The molecule has 1 rings (SSSR count). The van der Waals surface area contributed by atoms with E-state index in [4.69, 9.17) is 0 Å². The van der Waals surface area contributed by atoms with Crippen molar-refractivity contribution < 1.29 is 5.11 Å². The van der Waals surface area contributed by atoms with Crippen LogP contribution in [-0.4, -0.2) is 5.11 Å². The highest BCUT2D eigenvalue weighted by Crippen LogP contribution is 2.24. The van der Waals surface area contributed by atoms with E-state index >= 15 is 0 Å². The van der Waals surface area contributed by atoms with Crippen molar-refractivity contribution in [2.45, 2.75) is 34.1 Å². The summed E-state index contributed by atoms with van der Waals surface area (Å²) in [6.45, 7) is 8.13.